The summed E-state index contributed by atoms with van der Waals surface area (Å²) in [5.41, 5.74) is 0.303. The molecule has 2 rings (SSSR count). The molecule has 0 unspecified atom stereocenters. The number of nitro groups is 1. The first-order valence-electron chi connectivity index (χ1n) is 8.14. The van der Waals surface area contributed by atoms with E-state index in [-0.39, 0.29) is 21.6 Å². The average Bonchev–Trinajstić information content (AvgIpc) is 2.61. The minimum atomic E-state index is -3.92. The van der Waals surface area contributed by atoms with Gasteiger partial charge in [-0.15, -0.1) is 0 Å². The monoisotopic (exact) mass is 406 g/mol. The molecule has 0 radical (unpaired) electrons. The van der Waals surface area contributed by atoms with Crippen molar-refractivity contribution in [3.8, 4) is 11.5 Å². The summed E-state index contributed by atoms with van der Waals surface area (Å²) < 4.78 is 29.5. The van der Waals surface area contributed by atoms with E-state index in [0.29, 0.717) is 0 Å². The Morgan fingerprint density at radius 3 is 2.29 bits per heavy atom. The highest BCUT2D eigenvalue weighted by molar-refractivity contribution is 7.89. The highest BCUT2D eigenvalue weighted by atomic mass is 32.2. The molecular weight excluding hydrogens is 386 g/mol. The van der Waals surface area contributed by atoms with Crippen LogP contribution in [-0.4, -0.2) is 26.7 Å². The van der Waals surface area contributed by atoms with Crippen LogP contribution in [0.3, 0.4) is 0 Å². The summed E-state index contributed by atoms with van der Waals surface area (Å²) in [5.74, 6) is -1.11. The number of hydrogen-bond acceptors (Lipinski definition) is 7. The summed E-state index contributed by atoms with van der Waals surface area (Å²) in [6.07, 6.45) is 1.05. The topological polar surface area (TPSA) is 134 Å². The number of ether oxygens (including phenoxy) is 1. The molecule has 150 valence electrons. The molecule has 2 aromatic rings. The summed E-state index contributed by atoms with van der Waals surface area (Å²) in [6.45, 7) is 6.04. The number of sulfonamides is 1. The van der Waals surface area contributed by atoms with Crippen molar-refractivity contribution in [2.75, 3.05) is 7.11 Å². The molecule has 0 saturated carbocycles. The van der Waals surface area contributed by atoms with Crippen LogP contribution >= 0.6 is 0 Å². The first kappa shape index (κ1) is 21.2. The zero-order valence-electron chi connectivity index (χ0n) is 15.8. The molecule has 0 amide bonds. The van der Waals surface area contributed by atoms with Crippen LogP contribution in [0, 0.1) is 10.1 Å². The number of hydrogen-bond donors (Lipinski definition) is 1. The summed E-state index contributed by atoms with van der Waals surface area (Å²) in [4.78, 5) is 12.2. The number of nitrogens with zero attached hydrogens (tertiary/aromatic N) is 2. The molecule has 0 saturated heterocycles. The van der Waals surface area contributed by atoms with Gasteiger partial charge in [-0.3, -0.25) is 10.1 Å². The fourth-order valence-corrected chi connectivity index (χ4v) is 3.12. The van der Waals surface area contributed by atoms with E-state index in [0.717, 1.165) is 17.8 Å². The molecule has 0 aromatic heterocycles. The average molecular weight is 406 g/mol. The van der Waals surface area contributed by atoms with Crippen molar-refractivity contribution < 1.29 is 23.2 Å². The Balaban J connectivity index is 2.24. The molecule has 2 aromatic carbocycles. The Hall–Kier alpha value is -3.14. The Labute approximate surface area is 162 Å². The molecule has 0 heterocycles. The van der Waals surface area contributed by atoms with Gasteiger partial charge in [0.1, 0.15) is 5.75 Å². The van der Waals surface area contributed by atoms with Crippen molar-refractivity contribution in [2.45, 2.75) is 31.1 Å². The van der Waals surface area contributed by atoms with E-state index in [4.69, 9.17) is 4.74 Å². The standard InChI is InChI=1S/C18H21N3O6S/c1-18(2,3)13-5-7-14(8-6-13)28(25,26)20-19-11-12-9-15(21(23)24)17(22)16(10-12)27-4/h5-11,20,22H,1-4H3/p-1/b19-11-. The normalized spacial score (nSPS) is 12.1. The summed E-state index contributed by atoms with van der Waals surface area (Å²) in [7, 11) is -2.72. The van der Waals surface area contributed by atoms with E-state index < -0.39 is 26.4 Å². The lowest BCUT2D eigenvalue weighted by Crippen LogP contribution is -2.19. The van der Waals surface area contributed by atoms with E-state index >= 15 is 0 Å². The molecule has 0 spiro atoms. The maximum Gasteiger partial charge on any atom is 0.276 e. The predicted octanol–water partition coefficient (Wildman–Crippen LogP) is 2.29. The van der Waals surface area contributed by atoms with Crippen LogP contribution < -0.4 is 14.7 Å². The van der Waals surface area contributed by atoms with E-state index in [2.05, 4.69) is 5.10 Å². The fourth-order valence-electron chi connectivity index (χ4n) is 2.33. The van der Waals surface area contributed by atoms with Crippen molar-refractivity contribution in [1.82, 2.24) is 4.83 Å². The Bertz CT molecular complexity index is 1010. The summed E-state index contributed by atoms with van der Waals surface area (Å²) >= 11 is 0. The second-order valence-electron chi connectivity index (χ2n) is 6.96. The van der Waals surface area contributed by atoms with Crippen LogP contribution in [0.1, 0.15) is 31.9 Å². The molecule has 0 atom stereocenters. The van der Waals surface area contributed by atoms with Crippen LogP contribution in [0.2, 0.25) is 0 Å². The van der Waals surface area contributed by atoms with Crippen molar-refractivity contribution in [2.24, 2.45) is 5.10 Å². The van der Waals surface area contributed by atoms with Gasteiger partial charge < -0.3 is 9.84 Å². The van der Waals surface area contributed by atoms with Crippen LogP contribution in [0.25, 0.3) is 0 Å². The van der Waals surface area contributed by atoms with Crippen LogP contribution in [-0.2, 0) is 15.4 Å². The van der Waals surface area contributed by atoms with Gasteiger partial charge in [0.15, 0.2) is 0 Å². The lowest BCUT2D eigenvalue weighted by atomic mass is 9.87. The minimum Gasteiger partial charge on any atom is -0.865 e. The van der Waals surface area contributed by atoms with Gasteiger partial charge in [-0.1, -0.05) is 32.9 Å². The molecule has 1 N–H and O–H groups in total. The molecule has 28 heavy (non-hydrogen) atoms. The van der Waals surface area contributed by atoms with Gasteiger partial charge in [-0.25, -0.2) is 4.83 Å². The van der Waals surface area contributed by atoms with Crippen molar-refractivity contribution in [1.29, 1.82) is 0 Å². The molecule has 0 bridgehead atoms. The number of nitro benzene ring substituents is 1. The second-order valence-corrected chi connectivity index (χ2v) is 8.62. The summed E-state index contributed by atoms with van der Waals surface area (Å²) in [5, 5.41) is 26.4. The first-order valence-corrected chi connectivity index (χ1v) is 9.63. The van der Waals surface area contributed by atoms with Crippen LogP contribution in [0.15, 0.2) is 46.4 Å². The molecule has 0 aliphatic heterocycles. The van der Waals surface area contributed by atoms with Crippen molar-refractivity contribution in [3.63, 3.8) is 0 Å². The first-order chi connectivity index (χ1) is 13.0. The van der Waals surface area contributed by atoms with Gasteiger partial charge >= 0.3 is 0 Å². The van der Waals surface area contributed by atoms with E-state index in [1.165, 1.54) is 25.3 Å². The molecule has 0 fully saturated rings. The highest BCUT2D eigenvalue weighted by Crippen LogP contribution is 2.33. The minimum absolute atomic E-state index is 0.0242. The lowest BCUT2D eigenvalue weighted by molar-refractivity contribution is -0.398. The summed E-state index contributed by atoms with van der Waals surface area (Å²) in [6, 6.07) is 8.60. The predicted molar refractivity (Wildman–Crippen MR) is 102 cm³/mol. The third-order valence-corrected chi connectivity index (χ3v) is 5.13. The van der Waals surface area contributed by atoms with Gasteiger partial charge in [0.05, 0.1) is 23.1 Å². The third kappa shape index (κ3) is 4.77. The molecule has 0 aliphatic rings. The second kappa shape index (κ2) is 7.85. The van der Waals surface area contributed by atoms with Crippen LogP contribution in [0.5, 0.6) is 11.5 Å². The number of hydrazone groups is 1. The maximum absolute atomic E-state index is 12.3. The van der Waals surface area contributed by atoms with Crippen molar-refractivity contribution >= 4 is 21.9 Å². The quantitative estimate of drug-likeness (QED) is 0.444. The Morgan fingerprint density at radius 2 is 1.79 bits per heavy atom. The number of nitrogens with one attached hydrogen (secondary N) is 1. The number of benzene rings is 2. The molecular formula is C18H20N3O6S-. The Kier molecular flexibility index (Phi) is 5.93. The van der Waals surface area contributed by atoms with Crippen LogP contribution in [0.4, 0.5) is 5.69 Å². The van der Waals surface area contributed by atoms with Crippen molar-refractivity contribution in [3.05, 3.63) is 57.6 Å². The SMILES string of the molecule is COc1cc(/C=N\NS(=O)(=O)c2ccc(C(C)(C)C)cc2)cc([N+](=O)[O-])c1[O-]. The lowest BCUT2D eigenvalue weighted by Gasteiger charge is -2.19. The molecule has 10 heteroatoms. The number of methoxy groups -OCH3 is 1. The maximum atomic E-state index is 12.3. The zero-order valence-corrected chi connectivity index (χ0v) is 16.6. The smallest absolute Gasteiger partial charge is 0.276 e. The van der Waals surface area contributed by atoms with Gasteiger partial charge in [0, 0.05) is 17.4 Å². The van der Waals surface area contributed by atoms with Gasteiger partial charge in [0.25, 0.3) is 15.7 Å². The van der Waals surface area contributed by atoms with E-state index in [1.807, 2.05) is 25.6 Å². The highest BCUT2D eigenvalue weighted by Gasteiger charge is 2.17. The van der Waals surface area contributed by atoms with Gasteiger partial charge in [-0.2, -0.15) is 13.5 Å². The third-order valence-electron chi connectivity index (χ3n) is 3.89. The molecule has 0 aliphatic carbocycles. The van der Waals surface area contributed by atoms with Gasteiger partial charge in [0.2, 0.25) is 0 Å². The van der Waals surface area contributed by atoms with E-state index in [9.17, 15) is 23.6 Å². The fraction of sp³-hybridized carbons (Fsp3) is 0.278. The van der Waals surface area contributed by atoms with Gasteiger partial charge in [-0.05, 0) is 29.2 Å². The Morgan fingerprint density at radius 1 is 1.18 bits per heavy atom. The van der Waals surface area contributed by atoms with E-state index in [1.54, 1.807) is 12.1 Å². The molecule has 9 nitrogen and oxygen atoms in total. The number of rotatable bonds is 6. The zero-order chi connectivity index (χ0) is 21.1. The largest absolute Gasteiger partial charge is 0.865 e.